The first-order valence-corrected chi connectivity index (χ1v) is 7.78. The van der Waals surface area contributed by atoms with Gasteiger partial charge in [-0.3, -0.25) is 0 Å². The highest BCUT2D eigenvalue weighted by molar-refractivity contribution is 5.51. The first-order chi connectivity index (χ1) is 10.0. The summed E-state index contributed by atoms with van der Waals surface area (Å²) >= 11 is 0. The van der Waals surface area contributed by atoms with E-state index >= 15 is 0 Å². The SMILES string of the molecule is COCCNCc1ccc(N2CCCC(C)(O)C2)cc1C. The van der Waals surface area contributed by atoms with Crippen molar-refractivity contribution in [3.8, 4) is 0 Å². The van der Waals surface area contributed by atoms with Crippen LogP contribution in [0.3, 0.4) is 0 Å². The number of nitrogens with zero attached hydrogens (tertiary/aromatic N) is 1. The normalized spacial score (nSPS) is 22.6. The van der Waals surface area contributed by atoms with Gasteiger partial charge in [0.1, 0.15) is 0 Å². The van der Waals surface area contributed by atoms with E-state index in [1.54, 1.807) is 7.11 Å². The van der Waals surface area contributed by atoms with Crippen molar-refractivity contribution in [2.45, 2.75) is 38.8 Å². The van der Waals surface area contributed by atoms with Gasteiger partial charge in [0.05, 0.1) is 12.2 Å². The number of hydrogen-bond acceptors (Lipinski definition) is 4. The topological polar surface area (TPSA) is 44.7 Å². The van der Waals surface area contributed by atoms with E-state index in [0.717, 1.165) is 45.6 Å². The lowest BCUT2D eigenvalue weighted by atomic mass is 9.94. The molecular weight excluding hydrogens is 264 g/mol. The zero-order chi connectivity index (χ0) is 15.3. The van der Waals surface area contributed by atoms with Crippen molar-refractivity contribution in [2.24, 2.45) is 0 Å². The molecule has 1 aromatic rings. The minimum atomic E-state index is -0.563. The van der Waals surface area contributed by atoms with E-state index in [4.69, 9.17) is 4.74 Å². The van der Waals surface area contributed by atoms with Crippen molar-refractivity contribution in [3.05, 3.63) is 29.3 Å². The molecule has 0 amide bonds. The monoisotopic (exact) mass is 292 g/mol. The molecule has 1 unspecified atom stereocenters. The third kappa shape index (κ3) is 4.70. The number of hydrogen-bond donors (Lipinski definition) is 2. The molecule has 0 radical (unpaired) electrons. The fourth-order valence-corrected chi connectivity index (χ4v) is 2.91. The number of anilines is 1. The zero-order valence-corrected chi connectivity index (χ0v) is 13.5. The molecule has 1 aromatic carbocycles. The summed E-state index contributed by atoms with van der Waals surface area (Å²) in [5.41, 5.74) is 3.27. The lowest BCUT2D eigenvalue weighted by Crippen LogP contribution is -2.46. The Morgan fingerprint density at radius 1 is 1.43 bits per heavy atom. The van der Waals surface area contributed by atoms with E-state index in [0.29, 0.717) is 0 Å². The molecule has 118 valence electrons. The Kier molecular flexibility index (Phi) is 5.62. The molecule has 21 heavy (non-hydrogen) atoms. The van der Waals surface area contributed by atoms with Crippen molar-refractivity contribution >= 4 is 5.69 Å². The van der Waals surface area contributed by atoms with Crippen molar-refractivity contribution in [3.63, 3.8) is 0 Å². The van der Waals surface area contributed by atoms with E-state index < -0.39 is 5.60 Å². The molecule has 0 bridgehead atoms. The number of piperidine rings is 1. The smallest absolute Gasteiger partial charge is 0.0794 e. The maximum atomic E-state index is 10.2. The molecule has 1 fully saturated rings. The highest BCUT2D eigenvalue weighted by Gasteiger charge is 2.28. The van der Waals surface area contributed by atoms with Gasteiger partial charge in [-0.15, -0.1) is 0 Å². The molecule has 1 heterocycles. The van der Waals surface area contributed by atoms with Gasteiger partial charge in [-0.05, 0) is 49.9 Å². The van der Waals surface area contributed by atoms with Gasteiger partial charge in [0, 0.05) is 39.0 Å². The zero-order valence-electron chi connectivity index (χ0n) is 13.5. The molecule has 1 atom stereocenters. The van der Waals surface area contributed by atoms with Gasteiger partial charge in [0.2, 0.25) is 0 Å². The van der Waals surface area contributed by atoms with Gasteiger partial charge in [-0.25, -0.2) is 0 Å². The Morgan fingerprint density at radius 3 is 2.90 bits per heavy atom. The predicted octanol–water partition coefficient (Wildman–Crippen LogP) is 2.08. The van der Waals surface area contributed by atoms with Crippen LogP contribution >= 0.6 is 0 Å². The number of benzene rings is 1. The Morgan fingerprint density at radius 2 is 2.24 bits per heavy atom. The van der Waals surface area contributed by atoms with Crippen LogP contribution in [-0.2, 0) is 11.3 Å². The van der Waals surface area contributed by atoms with Gasteiger partial charge >= 0.3 is 0 Å². The minimum absolute atomic E-state index is 0.563. The van der Waals surface area contributed by atoms with Crippen molar-refractivity contribution in [1.82, 2.24) is 5.32 Å². The third-order valence-electron chi connectivity index (χ3n) is 4.16. The van der Waals surface area contributed by atoms with E-state index in [1.807, 2.05) is 6.92 Å². The van der Waals surface area contributed by atoms with E-state index in [-0.39, 0.29) is 0 Å². The Balaban J connectivity index is 1.98. The summed E-state index contributed by atoms with van der Waals surface area (Å²) < 4.78 is 5.04. The minimum Gasteiger partial charge on any atom is -0.388 e. The Hall–Kier alpha value is -1.10. The molecule has 2 rings (SSSR count). The van der Waals surface area contributed by atoms with E-state index in [9.17, 15) is 5.11 Å². The van der Waals surface area contributed by atoms with Crippen LogP contribution in [0.25, 0.3) is 0 Å². The van der Waals surface area contributed by atoms with Crippen molar-refractivity contribution in [2.75, 3.05) is 38.3 Å². The second-order valence-electron chi connectivity index (χ2n) is 6.30. The maximum Gasteiger partial charge on any atom is 0.0794 e. The fourth-order valence-electron chi connectivity index (χ4n) is 2.91. The van der Waals surface area contributed by atoms with E-state index in [2.05, 4.69) is 35.3 Å². The average Bonchev–Trinajstić information content (AvgIpc) is 2.44. The summed E-state index contributed by atoms with van der Waals surface area (Å²) in [5.74, 6) is 0. The van der Waals surface area contributed by atoms with Crippen LogP contribution < -0.4 is 10.2 Å². The van der Waals surface area contributed by atoms with Crippen molar-refractivity contribution < 1.29 is 9.84 Å². The van der Waals surface area contributed by atoms with Gasteiger partial charge in [0.15, 0.2) is 0 Å². The average molecular weight is 292 g/mol. The Bertz CT molecular complexity index is 460. The second-order valence-corrected chi connectivity index (χ2v) is 6.30. The lowest BCUT2D eigenvalue weighted by Gasteiger charge is -2.38. The van der Waals surface area contributed by atoms with Crippen LogP contribution in [0.15, 0.2) is 18.2 Å². The summed E-state index contributed by atoms with van der Waals surface area (Å²) in [7, 11) is 1.72. The molecule has 2 N–H and O–H groups in total. The van der Waals surface area contributed by atoms with Gasteiger partial charge in [-0.2, -0.15) is 0 Å². The summed E-state index contributed by atoms with van der Waals surface area (Å²) in [6.45, 7) is 8.30. The Labute approximate surface area is 128 Å². The van der Waals surface area contributed by atoms with Gasteiger partial charge < -0.3 is 20.1 Å². The van der Waals surface area contributed by atoms with Crippen LogP contribution in [0, 0.1) is 6.92 Å². The molecule has 1 saturated heterocycles. The van der Waals surface area contributed by atoms with Crippen LogP contribution in [-0.4, -0.2) is 44.1 Å². The maximum absolute atomic E-state index is 10.2. The number of β-amino-alcohol motifs (C(OH)–C–C–N with tert-alkyl or cyclic N) is 1. The van der Waals surface area contributed by atoms with Gasteiger partial charge in [0.25, 0.3) is 0 Å². The highest BCUT2D eigenvalue weighted by Crippen LogP contribution is 2.27. The number of methoxy groups -OCH3 is 1. The summed E-state index contributed by atoms with van der Waals surface area (Å²) in [5, 5.41) is 13.6. The molecule has 1 aliphatic heterocycles. The molecule has 0 aromatic heterocycles. The molecule has 0 aliphatic carbocycles. The standard InChI is InChI=1S/C17H28N2O2/c1-14-11-16(19-9-4-7-17(2,20)13-19)6-5-15(14)12-18-8-10-21-3/h5-6,11,18,20H,4,7-10,12-13H2,1-3H3. The molecule has 4 heteroatoms. The first-order valence-electron chi connectivity index (χ1n) is 7.78. The first kappa shape index (κ1) is 16.3. The number of rotatable bonds is 6. The molecule has 0 spiro atoms. The fraction of sp³-hybridized carbons (Fsp3) is 0.647. The van der Waals surface area contributed by atoms with E-state index in [1.165, 1.54) is 16.8 Å². The quantitative estimate of drug-likeness (QED) is 0.788. The van der Waals surface area contributed by atoms with Crippen LogP contribution in [0.4, 0.5) is 5.69 Å². The van der Waals surface area contributed by atoms with Crippen LogP contribution in [0.1, 0.15) is 30.9 Å². The number of nitrogens with one attached hydrogen (secondary N) is 1. The largest absolute Gasteiger partial charge is 0.388 e. The lowest BCUT2D eigenvalue weighted by molar-refractivity contribution is 0.0449. The number of ether oxygens (including phenoxy) is 1. The van der Waals surface area contributed by atoms with Gasteiger partial charge in [-0.1, -0.05) is 6.07 Å². The predicted molar refractivity (Wildman–Crippen MR) is 86.8 cm³/mol. The second kappa shape index (κ2) is 7.25. The summed E-state index contributed by atoms with van der Waals surface area (Å²) in [6.07, 6.45) is 1.94. The van der Waals surface area contributed by atoms with Crippen LogP contribution in [0.5, 0.6) is 0 Å². The highest BCUT2D eigenvalue weighted by atomic mass is 16.5. The molecule has 4 nitrogen and oxygen atoms in total. The molecule has 1 aliphatic rings. The molecular formula is C17H28N2O2. The third-order valence-corrected chi connectivity index (χ3v) is 4.16. The number of aryl methyl sites for hydroxylation is 1. The molecule has 0 saturated carbocycles. The van der Waals surface area contributed by atoms with Crippen molar-refractivity contribution in [1.29, 1.82) is 0 Å². The summed E-state index contributed by atoms with van der Waals surface area (Å²) in [4.78, 5) is 2.29. The van der Waals surface area contributed by atoms with Crippen LogP contribution in [0.2, 0.25) is 0 Å². The number of aliphatic hydroxyl groups is 1. The summed E-state index contributed by atoms with van der Waals surface area (Å²) in [6, 6.07) is 6.59.